The summed E-state index contributed by atoms with van der Waals surface area (Å²) in [5, 5.41) is 0. The van der Waals surface area contributed by atoms with Crippen molar-refractivity contribution in [1.29, 1.82) is 0 Å². The van der Waals surface area contributed by atoms with Crippen LogP contribution in [0.3, 0.4) is 0 Å². The molecule has 0 saturated carbocycles. The van der Waals surface area contributed by atoms with Gasteiger partial charge in [-0.25, -0.2) is 0 Å². The van der Waals surface area contributed by atoms with Crippen molar-refractivity contribution in [2.24, 2.45) is 15.9 Å². The number of fused-ring (bicyclic) bond motifs is 2. The zero-order chi connectivity index (χ0) is 10.1. The minimum atomic E-state index is 0.405. The lowest BCUT2D eigenvalue weighted by Crippen LogP contribution is -2.15. The van der Waals surface area contributed by atoms with Crippen molar-refractivity contribution in [3.8, 4) is 0 Å². The van der Waals surface area contributed by atoms with E-state index in [9.17, 15) is 0 Å². The Balaban J connectivity index is 2.15. The molecule has 2 aliphatic rings. The lowest BCUT2D eigenvalue weighted by atomic mass is 9.93. The molecule has 2 heteroatoms. The second-order valence-electron chi connectivity index (χ2n) is 3.89. The second kappa shape index (κ2) is 3.46. The average Bonchev–Trinajstić information content (AvgIpc) is 2.48. The summed E-state index contributed by atoms with van der Waals surface area (Å²) in [5.74, 6) is 0.405. The zero-order valence-corrected chi connectivity index (χ0v) is 8.43. The fraction of sp³-hybridized carbons (Fsp3) is 0.231. The minimum Gasteiger partial charge on any atom is -0.258 e. The zero-order valence-electron chi connectivity index (χ0n) is 8.43. The molecule has 0 saturated heterocycles. The van der Waals surface area contributed by atoms with Gasteiger partial charge in [-0.1, -0.05) is 18.2 Å². The van der Waals surface area contributed by atoms with Crippen molar-refractivity contribution < 1.29 is 0 Å². The summed E-state index contributed by atoms with van der Waals surface area (Å²) in [6, 6.07) is 8.04. The van der Waals surface area contributed by atoms with Crippen LogP contribution >= 0.6 is 0 Å². The van der Waals surface area contributed by atoms with Crippen LogP contribution in [-0.4, -0.2) is 11.9 Å². The Morgan fingerprint density at radius 3 is 2.93 bits per heavy atom. The maximum atomic E-state index is 4.67. The fourth-order valence-electron chi connectivity index (χ4n) is 2.00. The van der Waals surface area contributed by atoms with E-state index in [0.717, 1.165) is 29.9 Å². The molecular weight excluding hydrogens is 184 g/mol. The number of benzene rings is 1. The first kappa shape index (κ1) is 8.60. The third-order valence-corrected chi connectivity index (χ3v) is 2.84. The average molecular weight is 196 g/mol. The van der Waals surface area contributed by atoms with Gasteiger partial charge in [0.1, 0.15) is 0 Å². The van der Waals surface area contributed by atoms with Gasteiger partial charge < -0.3 is 0 Å². The normalized spacial score (nSPS) is 22.7. The molecule has 1 unspecified atom stereocenters. The molecule has 1 aliphatic heterocycles. The van der Waals surface area contributed by atoms with E-state index in [1.807, 2.05) is 30.5 Å². The van der Waals surface area contributed by atoms with Crippen LogP contribution in [0.4, 0.5) is 11.4 Å². The summed E-state index contributed by atoms with van der Waals surface area (Å²) in [7, 11) is 0. The number of para-hydroxylation sites is 2. The van der Waals surface area contributed by atoms with Crippen LogP contribution < -0.4 is 0 Å². The predicted octanol–water partition coefficient (Wildman–Crippen LogP) is 3.44. The Kier molecular flexibility index (Phi) is 1.98. The largest absolute Gasteiger partial charge is 0.258 e. The van der Waals surface area contributed by atoms with E-state index < -0.39 is 0 Å². The number of aliphatic imine (C=N–C) groups is 2. The topological polar surface area (TPSA) is 24.7 Å². The SMILES string of the molecule is C1=CC2=Nc3ccccc3N=CC2CC1. The number of allylic oxidation sites excluding steroid dienone is 2. The Morgan fingerprint density at radius 2 is 2.00 bits per heavy atom. The molecule has 0 aromatic heterocycles. The molecule has 2 nitrogen and oxygen atoms in total. The van der Waals surface area contributed by atoms with Crippen LogP contribution in [-0.2, 0) is 0 Å². The number of nitrogens with zero attached hydrogens (tertiary/aromatic N) is 2. The van der Waals surface area contributed by atoms with E-state index in [1.54, 1.807) is 0 Å². The molecule has 3 rings (SSSR count). The third-order valence-electron chi connectivity index (χ3n) is 2.84. The minimum absolute atomic E-state index is 0.405. The molecule has 0 bridgehead atoms. The van der Waals surface area contributed by atoms with Gasteiger partial charge in [0.15, 0.2) is 0 Å². The molecule has 0 amide bonds. The van der Waals surface area contributed by atoms with Crippen molar-refractivity contribution in [2.75, 3.05) is 0 Å². The van der Waals surface area contributed by atoms with Crippen LogP contribution in [0.1, 0.15) is 12.8 Å². The molecule has 74 valence electrons. The van der Waals surface area contributed by atoms with Gasteiger partial charge in [-0.05, 0) is 31.1 Å². The van der Waals surface area contributed by atoms with Crippen molar-refractivity contribution in [2.45, 2.75) is 12.8 Å². The summed E-state index contributed by atoms with van der Waals surface area (Å²) in [5.41, 5.74) is 3.11. The van der Waals surface area contributed by atoms with Gasteiger partial charge in [0.05, 0.1) is 11.4 Å². The van der Waals surface area contributed by atoms with Crippen molar-refractivity contribution in [3.63, 3.8) is 0 Å². The smallest absolute Gasteiger partial charge is 0.0889 e. The second-order valence-corrected chi connectivity index (χ2v) is 3.89. The summed E-state index contributed by atoms with van der Waals surface area (Å²) < 4.78 is 0. The Hall–Kier alpha value is -1.70. The highest BCUT2D eigenvalue weighted by atomic mass is 14.9. The molecule has 1 aromatic rings. The van der Waals surface area contributed by atoms with Gasteiger partial charge in [0, 0.05) is 17.8 Å². The van der Waals surface area contributed by atoms with Crippen LogP contribution in [0.5, 0.6) is 0 Å². The highest BCUT2D eigenvalue weighted by molar-refractivity contribution is 6.09. The molecule has 1 atom stereocenters. The predicted molar refractivity (Wildman–Crippen MR) is 63.6 cm³/mol. The monoisotopic (exact) mass is 196 g/mol. The summed E-state index contributed by atoms with van der Waals surface area (Å²) >= 11 is 0. The highest BCUT2D eigenvalue weighted by Gasteiger charge is 2.17. The van der Waals surface area contributed by atoms with Gasteiger partial charge in [0.25, 0.3) is 0 Å². The van der Waals surface area contributed by atoms with E-state index in [1.165, 1.54) is 0 Å². The van der Waals surface area contributed by atoms with E-state index >= 15 is 0 Å². The van der Waals surface area contributed by atoms with Gasteiger partial charge in [-0.2, -0.15) is 0 Å². The van der Waals surface area contributed by atoms with Crippen molar-refractivity contribution in [1.82, 2.24) is 0 Å². The maximum Gasteiger partial charge on any atom is 0.0889 e. The molecule has 0 N–H and O–H groups in total. The van der Waals surface area contributed by atoms with E-state index in [2.05, 4.69) is 22.1 Å². The van der Waals surface area contributed by atoms with E-state index in [0.29, 0.717) is 5.92 Å². The lowest BCUT2D eigenvalue weighted by molar-refractivity contribution is 0.790. The maximum absolute atomic E-state index is 4.67. The first-order valence-electron chi connectivity index (χ1n) is 5.32. The van der Waals surface area contributed by atoms with Gasteiger partial charge >= 0.3 is 0 Å². The van der Waals surface area contributed by atoms with E-state index in [-0.39, 0.29) is 0 Å². The molecule has 0 spiro atoms. The number of hydrogen-bond donors (Lipinski definition) is 0. The molecular formula is C13H12N2. The first-order valence-corrected chi connectivity index (χ1v) is 5.32. The molecule has 0 radical (unpaired) electrons. The van der Waals surface area contributed by atoms with Crippen LogP contribution in [0.25, 0.3) is 0 Å². The van der Waals surface area contributed by atoms with Gasteiger partial charge in [-0.3, -0.25) is 9.98 Å². The lowest BCUT2D eigenvalue weighted by Gasteiger charge is -2.13. The number of rotatable bonds is 0. The Labute approximate surface area is 89.1 Å². The summed E-state index contributed by atoms with van der Waals surface area (Å²) in [4.78, 5) is 9.16. The van der Waals surface area contributed by atoms with Crippen molar-refractivity contribution >= 4 is 23.3 Å². The Bertz CT molecular complexity index is 469. The standard InChI is InChI=1S/C13H12N2/c1-2-6-11-10(5-1)9-14-12-7-3-4-8-13(12)15-11/h2-4,6-10H,1,5H2. The molecule has 15 heavy (non-hydrogen) atoms. The molecule has 0 fully saturated rings. The quantitative estimate of drug-likeness (QED) is 0.607. The fourth-order valence-corrected chi connectivity index (χ4v) is 2.00. The Morgan fingerprint density at radius 1 is 1.13 bits per heavy atom. The van der Waals surface area contributed by atoms with E-state index in [4.69, 9.17) is 0 Å². The van der Waals surface area contributed by atoms with Gasteiger partial charge in [0.2, 0.25) is 0 Å². The highest BCUT2D eigenvalue weighted by Crippen LogP contribution is 2.31. The van der Waals surface area contributed by atoms with Crippen molar-refractivity contribution in [3.05, 3.63) is 36.4 Å². The number of hydrogen-bond acceptors (Lipinski definition) is 2. The van der Waals surface area contributed by atoms with Gasteiger partial charge in [-0.15, -0.1) is 0 Å². The van der Waals surface area contributed by atoms with Crippen LogP contribution in [0.15, 0.2) is 46.4 Å². The summed E-state index contributed by atoms with van der Waals surface area (Å²) in [6.45, 7) is 0. The summed E-state index contributed by atoms with van der Waals surface area (Å²) in [6.07, 6.45) is 8.62. The molecule has 1 aliphatic carbocycles. The first-order chi connectivity index (χ1) is 7.43. The molecule has 1 heterocycles. The third kappa shape index (κ3) is 1.52. The molecule has 1 aromatic carbocycles. The van der Waals surface area contributed by atoms with Crippen LogP contribution in [0.2, 0.25) is 0 Å². The van der Waals surface area contributed by atoms with Crippen LogP contribution in [0, 0.1) is 5.92 Å².